The second-order valence-corrected chi connectivity index (χ2v) is 9.91. The van der Waals surface area contributed by atoms with E-state index in [0.29, 0.717) is 13.0 Å². The summed E-state index contributed by atoms with van der Waals surface area (Å²) in [4.78, 5) is 11.7. The third-order valence-corrected chi connectivity index (χ3v) is 5.75. The minimum absolute atomic E-state index is 0. The van der Waals surface area contributed by atoms with Crippen LogP contribution in [0.5, 0.6) is 0 Å². The molecule has 200 valence electrons. The number of carbonyl (C=O) groups excluding carboxylic acids is 1. The van der Waals surface area contributed by atoms with E-state index in [1.165, 1.54) is 122 Å². The fourth-order valence-electron chi connectivity index (χ4n) is 3.78. The molecular weight excluding hydrogens is 486 g/mol. The molecule has 0 amide bonds. The maximum atomic E-state index is 11.7. The molecule has 0 rings (SSSR count). The molecular formula is C26H52Na2O6S. The normalized spacial score (nSPS) is 10.5. The van der Waals surface area contributed by atoms with Gasteiger partial charge in [0.2, 0.25) is 0 Å². The third-order valence-electron chi connectivity index (χ3n) is 5.75. The van der Waals surface area contributed by atoms with E-state index in [4.69, 9.17) is 22.3 Å². The molecule has 0 aromatic carbocycles. The smallest absolute Gasteiger partial charge is 0.759 e. The summed E-state index contributed by atoms with van der Waals surface area (Å²) in [5.74, 6) is 0.0195. The minimum Gasteiger partial charge on any atom is -0.759 e. The molecule has 0 N–H and O–H groups in total. The van der Waals surface area contributed by atoms with Gasteiger partial charge in [-0.25, -0.2) is 0 Å². The van der Waals surface area contributed by atoms with E-state index >= 15 is 0 Å². The number of esters is 1. The van der Waals surface area contributed by atoms with Crippen LogP contribution in [-0.4, -0.2) is 30.1 Å². The van der Waals surface area contributed by atoms with E-state index in [1.807, 2.05) is 0 Å². The Morgan fingerprint density at radius 3 is 1.11 bits per heavy atom. The molecule has 0 aliphatic heterocycles. The third kappa shape index (κ3) is 52.6. The van der Waals surface area contributed by atoms with Crippen LogP contribution in [-0.2, 0) is 19.9 Å². The van der Waals surface area contributed by atoms with Crippen molar-refractivity contribution in [3.63, 3.8) is 0 Å². The fraction of sp³-hybridized carbons (Fsp3) is 0.962. The molecule has 0 heterocycles. The van der Waals surface area contributed by atoms with Crippen molar-refractivity contribution in [2.45, 2.75) is 155 Å². The maximum absolute atomic E-state index is 11.7. The SMILES string of the molecule is CCCCCCCCCCCCCCOC(=O)CCCCCCCCCCC.O=S(=O)([O-])[O-].[Na+].[Na+]. The van der Waals surface area contributed by atoms with Gasteiger partial charge in [-0.15, -0.1) is 0 Å². The second-order valence-electron chi connectivity index (χ2n) is 9.10. The standard InChI is InChI=1S/C26H52O2.2Na.H2O4S/c1-3-5-7-9-11-13-14-15-17-19-21-23-25-28-26(27)24-22-20-18-16-12-10-8-6-4-2;;;1-5(2,3)4/h3-25H2,1-2H3;;;(H2,1,2,3,4)/q;2*+1;/p-2. The van der Waals surface area contributed by atoms with Gasteiger partial charge in [0.1, 0.15) is 0 Å². The van der Waals surface area contributed by atoms with Gasteiger partial charge >= 0.3 is 65.1 Å². The Labute approximate surface area is 262 Å². The topological polar surface area (TPSA) is 107 Å². The van der Waals surface area contributed by atoms with Gasteiger partial charge in [-0.2, -0.15) is 0 Å². The molecule has 6 nitrogen and oxygen atoms in total. The van der Waals surface area contributed by atoms with Crippen LogP contribution in [0.25, 0.3) is 0 Å². The Hall–Kier alpha value is 1.34. The van der Waals surface area contributed by atoms with Crippen LogP contribution in [0.3, 0.4) is 0 Å². The molecule has 0 spiro atoms. The minimum atomic E-state index is -5.17. The van der Waals surface area contributed by atoms with Crippen LogP contribution in [0.1, 0.15) is 155 Å². The van der Waals surface area contributed by atoms with Gasteiger partial charge in [0.15, 0.2) is 0 Å². The number of ether oxygens (including phenoxy) is 1. The number of rotatable bonds is 23. The summed E-state index contributed by atoms with van der Waals surface area (Å²) in [6.07, 6.45) is 28.4. The van der Waals surface area contributed by atoms with Crippen LogP contribution in [0, 0.1) is 0 Å². The average molecular weight is 539 g/mol. The average Bonchev–Trinajstić information content (AvgIpc) is 2.74. The molecule has 0 radical (unpaired) electrons. The molecule has 0 saturated carbocycles. The first-order valence-corrected chi connectivity index (χ1v) is 15.0. The van der Waals surface area contributed by atoms with Crippen LogP contribution in [0.4, 0.5) is 0 Å². The molecule has 0 unspecified atom stereocenters. The van der Waals surface area contributed by atoms with Crippen molar-refractivity contribution in [2.75, 3.05) is 6.61 Å². The maximum Gasteiger partial charge on any atom is 1.00 e. The first-order valence-electron chi connectivity index (χ1n) is 13.6. The van der Waals surface area contributed by atoms with E-state index in [-0.39, 0.29) is 65.1 Å². The number of hydrogen-bond acceptors (Lipinski definition) is 6. The van der Waals surface area contributed by atoms with Crippen LogP contribution < -0.4 is 59.1 Å². The molecule has 0 aromatic rings. The monoisotopic (exact) mass is 538 g/mol. The van der Waals surface area contributed by atoms with Crippen molar-refractivity contribution >= 4 is 16.4 Å². The Morgan fingerprint density at radius 2 is 0.800 bits per heavy atom. The van der Waals surface area contributed by atoms with Gasteiger partial charge < -0.3 is 13.8 Å². The molecule has 0 fully saturated rings. The Kier molecular flexibility index (Phi) is 43.8. The van der Waals surface area contributed by atoms with Gasteiger partial charge in [0.25, 0.3) is 0 Å². The van der Waals surface area contributed by atoms with Crippen LogP contribution in [0.2, 0.25) is 0 Å². The van der Waals surface area contributed by atoms with Gasteiger partial charge in [0.05, 0.1) is 6.61 Å². The largest absolute Gasteiger partial charge is 1.00 e. The van der Waals surface area contributed by atoms with Crippen molar-refractivity contribution in [1.29, 1.82) is 0 Å². The van der Waals surface area contributed by atoms with E-state index in [1.54, 1.807) is 0 Å². The van der Waals surface area contributed by atoms with Crippen molar-refractivity contribution < 1.29 is 86.2 Å². The molecule has 35 heavy (non-hydrogen) atoms. The van der Waals surface area contributed by atoms with Crippen molar-refractivity contribution in [2.24, 2.45) is 0 Å². The predicted molar refractivity (Wildman–Crippen MR) is 134 cm³/mol. The summed E-state index contributed by atoms with van der Waals surface area (Å²) >= 11 is 0. The number of hydrogen-bond donors (Lipinski definition) is 0. The molecule has 9 heteroatoms. The summed E-state index contributed by atoms with van der Waals surface area (Å²) in [7, 11) is -5.17. The summed E-state index contributed by atoms with van der Waals surface area (Å²) in [6.45, 7) is 5.17. The van der Waals surface area contributed by atoms with Crippen LogP contribution in [0.15, 0.2) is 0 Å². The summed E-state index contributed by atoms with van der Waals surface area (Å²) in [6, 6.07) is 0. The van der Waals surface area contributed by atoms with Gasteiger partial charge in [-0.3, -0.25) is 13.2 Å². The Balaban J connectivity index is -0.000000619. The van der Waals surface area contributed by atoms with Gasteiger partial charge in [-0.1, -0.05) is 136 Å². The molecule has 0 aliphatic rings. The zero-order valence-corrected chi connectivity index (χ0v) is 28.4. The Bertz CT molecular complexity index is 496. The molecule has 0 saturated heterocycles. The Morgan fingerprint density at radius 1 is 0.543 bits per heavy atom. The number of unbranched alkanes of at least 4 members (excludes halogenated alkanes) is 19. The molecule has 0 atom stereocenters. The van der Waals surface area contributed by atoms with E-state index < -0.39 is 10.4 Å². The first kappa shape index (κ1) is 43.4. The van der Waals surface area contributed by atoms with Crippen molar-refractivity contribution in [1.82, 2.24) is 0 Å². The summed E-state index contributed by atoms with van der Waals surface area (Å²) < 4.78 is 39.5. The van der Waals surface area contributed by atoms with E-state index in [9.17, 15) is 4.79 Å². The summed E-state index contributed by atoms with van der Waals surface area (Å²) in [5.41, 5.74) is 0. The number of carbonyl (C=O) groups is 1. The quantitative estimate of drug-likeness (QED) is 0.0646. The zero-order valence-electron chi connectivity index (χ0n) is 23.6. The second kappa shape index (κ2) is 35.3. The van der Waals surface area contributed by atoms with Gasteiger partial charge in [0, 0.05) is 16.8 Å². The van der Waals surface area contributed by atoms with E-state index in [0.717, 1.165) is 12.8 Å². The van der Waals surface area contributed by atoms with Crippen molar-refractivity contribution in [3.8, 4) is 0 Å². The van der Waals surface area contributed by atoms with Crippen LogP contribution >= 0.6 is 0 Å². The summed E-state index contributed by atoms with van der Waals surface area (Å²) in [5, 5.41) is 0. The van der Waals surface area contributed by atoms with Crippen molar-refractivity contribution in [3.05, 3.63) is 0 Å². The predicted octanol–water partition coefficient (Wildman–Crippen LogP) is 1.82. The molecule has 0 bridgehead atoms. The molecule has 0 aliphatic carbocycles. The first-order chi connectivity index (χ1) is 15.8. The molecule has 0 aromatic heterocycles. The van der Waals surface area contributed by atoms with E-state index in [2.05, 4.69) is 13.8 Å². The fourth-order valence-corrected chi connectivity index (χ4v) is 3.78. The zero-order chi connectivity index (χ0) is 25.0. The van der Waals surface area contributed by atoms with Gasteiger partial charge in [-0.05, 0) is 12.8 Å².